The molecule has 1 aromatic heterocycles. The molecule has 0 bridgehead atoms. The molecular formula is C20H24N2O3. The lowest BCUT2D eigenvalue weighted by Gasteiger charge is -2.24. The molecule has 2 aromatic rings. The third kappa shape index (κ3) is 4.95. The van der Waals surface area contributed by atoms with Crippen molar-refractivity contribution in [2.75, 3.05) is 13.1 Å². The number of nitrogens with zero attached hydrogens (tertiary/aromatic N) is 1. The average Bonchev–Trinajstić information content (AvgIpc) is 3.10. The fourth-order valence-electron chi connectivity index (χ4n) is 3.03. The first kappa shape index (κ1) is 17.3. The van der Waals surface area contributed by atoms with Crippen molar-refractivity contribution in [3.8, 4) is 11.3 Å². The molecule has 0 radical (unpaired) electrons. The topological polar surface area (TPSA) is 62.6 Å². The minimum Gasteiger partial charge on any atom is -0.459 e. The van der Waals surface area contributed by atoms with E-state index in [2.05, 4.69) is 5.32 Å². The highest BCUT2D eigenvalue weighted by Gasteiger charge is 2.18. The van der Waals surface area contributed by atoms with Crippen molar-refractivity contribution in [1.29, 1.82) is 0 Å². The molecule has 0 spiro atoms. The first-order valence-corrected chi connectivity index (χ1v) is 8.91. The van der Waals surface area contributed by atoms with E-state index in [9.17, 15) is 9.59 Å². The zero-order valence-electron chi connectivity index (χ0n) is 14.4. The van der Waals surface area contributed by atoms with Crippen LogP contribution in [0.4, 0.5) is 0 Å². The molecule has 1 aliphatic heterocycles. The fraction of sp³-hybridized carbons (Fsp3) is 0.400. The summed E-state index contributed by atoms with van der Waals surface area (Å²) in [4.78, 5) is 25.9. The monoisotopic (exact) mass is 340 g/mol. The van der Waals surface area contributed by atoms with Gasteiger partial charge in [0, 0.05) is 18.5 Å². The van der Waals surface area contributed by atoms with Gasteiger partial charge in [-0.1, -0.05) is 43.2 Å². The van der Waals surface area contributed by atoms with Crippen molar-refractivity contribution in [3.05, 3.63) is 48.2 Å². The Morgan fingerprint density at radius 2 is 1.84 bits per heavy atom. The van der Waals surface area contributed by atoms with E-state index in [1.807, 2.05) is 42.5 Å². The zero-order chi connectivity index (χ0) is 17.5. The zero-order valence-corrected chi connectivity index (χ0v) is 14.4. The van der Waals surface area contributed by atoms with Gasteiger partial charge in [0.25, 0.3) is 0 Å². The summed E-state index contributed by atoms with van der Waals surface area (Å²) in [7, 11) is 0. The maximum absolute atomic E-state index is 12.2. The number of nitrogens with one attached hydrogen (secondary N) is 1. The van der Waals surface area contributed by atoms with Crippen LogP contribution in [0.25, 0.3) is 11.3 Å². The van der Waals surface area contributed by atoms with Crippen LogP contribution in [0, 0.1) is 0 Å². The van der Waals surface area contributed by atoms with Crippen LogP contribution >= 0.6 is 0 Å². The molecular weight excluding hydrogens is 316 g/mol. The van der Waals surface area contributed by atoms with E-state index >= 15 is 0 Å². The van der Waals surface area contributed by atoms with Gasteiger partial charge < -0.3 is 14.6 Å². The Hall–Kier alpha value is -2.56. The van der Waals surface area contributed by atoms with E-state index in [-0.39, 0.29) is 18.4 Å². The Morgan fingerprint density at radius 1 is 1.04 bits per heavy atom. The molecule has 1 aliphatic rings. The Kier molecular flexibility index (Phi) is 5.88. The van der Waals surface area contributed by atoms with Crippen LogP contribution in [0.5, 0.6) is 0 Å². The number of likely N-dealkylation sites (tertiary alicyclic amines) is 1. The van der Waals surface area contributed by atoms with Crippen molar-refractivity contribution in [3.63, 3.8) is 0 Å². The van der Waals surface area contributed by atoms with Gasteiger partial charge in [-0.15, -0.1) is 0 Å². The Labute approximate surface area is 148 Å². The highest BCUT2D eigenvalue weighted by atomic mass is 16.3. The maximum atomic E-state index is 12.2. The van der Waals surface area contributed by atoms with Gasteiger partial charge in [-0.3, -0.25) is 9.59 Å². The van der Waals surface area contributed by atoms with Gasteiger partial charge in [-0.2, -0.15) is 0 Å². The van der Waals surface area contributed by atoms with Crippen molar-refractivity contribution in [2.24, 2.45) is 0 Å². The normalized spacial score (nSPS) is 15.5. The lowest BCUT2D eigenvalue weighted by Crippen LogP contribution is -2.41. The molecule has 1 N–H and O–H groups in total. The quantitative estimate of drug-likeness (QED) is 0.908. The van der Waals surface area contributed by atoms with Crippen molar-refractivity contribution in [1.82, 2.24) is 10.2 Å². The summed E-state index contributed by atoms with van der Waals surface area (Å²) in [6.45, 7) is 1.13. The summed E-state index contributed by atoms with van der Waals surface area (Å²) in [6.07, 6.45) is 4.67. The Balaban J connectivity index is 1.50. The molecule has 2 amide bonds. The molecule has 2 heterocycles. The molecule has 0 atom stereocenters. The van der Waals surface area contributed by atoms with Crippen LogP contribution in [-0.2, 0) is 16.1 Å². The average molecular weight is 340 g/mol. The van der Waals surface area contributed by atoms with Crippen LogP contribution < -0.4 is 5.32 Å². The van der Waals surface area contributed by atoms with Gasteiger partial charge >= 0.3 is 0 Å². The second kappa shape index (κ2) is 8.51. The third-order valence-corrected chi connectivity index (χ3v) is 4.44. The van der Waals surface area contributed by atoms with E-state index in [0.717, 1.165) is 37.0 Å². The lowest BCUT2D eigenvalue weighted by molar-refractivity contribution is -0.136. The molecule has 0 aliphatic carbocycles. The largest absolute Gasteiger partial charge is 0.459 e. The van der Waals surface area contributed by atoms with Crippen LogP contribution in [0.1, 0.15) is 37.9 Å². The first-order valence-electron chi connectivity index (χ1n) is 8.91. The van der Waals surface area contributed by atoms with Crippen LogP contribution in [0.15, 0.2) is 46.9 Å². The molecule has 1 aromatic carbocycles. The molecule has 5 heteroatoms. The van der Waals surface area contributed by atoms with E-state index in [1.54, 1.807) is 4.90 Å². The minimum atomic E-state index is -0.147. The number of furan rings is 1. The van der Waals surface area contributed by atoms with Gasteiger partial charge in [-0.05, 0) is 25.0 Å². The van der Waals surface area contributed by atoms with Crippen LogP contribution in [-0.4, -0.2) is 29.8 Å². The van der Waals surface area contributed by atoms with Gasteiger partial charge in [0.2, 0.25) is 11.8 Å². The molecule has 1 fully saturated rings. The second-order valence-corrected chi connectivity index (χ2v) is 6.39. The summed E-state index contributed by atoms with van der Waals surface area (Å²) in [5, 5.41) is 2.84. The molecule has 1 saturated heterocycles. The molecule has 0 unspecified atom stereocenters. The predicted molar refractivity (Wildman–Crippen MR) is 95.7 cm³/mol. The highest BCUT2D eigenvalue weighted by Crippen LogP contribution is 2.21. The Bertz CT molecular complexity index is 709. The number of amides is 2. The predicted octanol–water partition coefficient (Wildman–Crippen LogP) is 3.36. The van der Waals surface area contributed by atoms with E-state index in [4.69, 9.17) is 4.42 Å². The van der Waals surface area contributed by atoms with E-state index in [0.29, 0.717) is 25.3 Å². The summed E-state index contributed by atoms with van der Waals surface area (Å²) in [5.74, 6) is 1.42. The smallest absolute Gasteiger partial charge is 0.240 e. The van der Waals surface area contributed by atoms with E-state index < -0.39 is 0 Å². The van der Waals surface area contributed by atoms with Gasteiger partial charge in [0.1, 0.15) is 11.5 Å². The molecule has 5 nitrogen and oxygen atoms in total. The second-order valence-electron chi connectivity index (χ2n) is 6.39. The number of hydrogen-bond donors (Lipinski definition) is 1. The highest BCUT2D eigenvalue weighted by molar-refractivity contribution is 5.84. The van der Waals surface area contributed by atoms with Crippen LogP contribution in [0.2, 0.25) is 0 Å². The van der Waals surface area contributed by atoms with Crippen LogP contribution in [0.3, 0.4) is 0 Å². The van der Waals surface area contributed by atoms with E-state index in [1.165, 1.54) is 0 Å². The number of carbonyl (C=O) groups is 2. The summed E-state index contributed by atoms with van der Waals surface area (Å²) < 4.78 is 5.77. The Morgan fingerprint density at radius 3 is 2.68 bits per heavy atom. The summed E-state index contributed by atoms with van der Waals surface area (Å²) in [5.41, 5.74) is 1.01. The molecule has 3 rings (SSSR count). The van der Waals surface area contributed by atoms with Gasteiger partial charge in [-0.25, -0.2) is 0 Å². The number of rotatable bonds is 5. The summed E-state index contributed by atoms with van der Waals surface area (Å²) >= 11 is 0. The number of benzene rings is 1. The van der Waals surface area contributed by atoms with Crippen molar-refractivity contribution >= 4 is 11.8 Å². The molecule has 132 valence electrons. The summed E-state index contributed by atoms with van der Waals surface area (Å²) in [6, 6.07) is 13.6. The fourth-order valence-corrected chi connectivity index (χ4v) is 3.03. The van der Waals surface area contributed by atoms with Crippen molar-refractivity contribution < 1.29 is 14.0 Å². The molecule has 25 heavy (non-hydrogen) atoms. The van der Waals surface area contributed by atoms with Gasteiger partial charge in [0.05, 0.1) is 13.1 Å². The first-order chi connectivity index (χ1) is 12.2. The maximum Gasteiger partial charge on any atom is 0.240 e. The standard InChI is InChI=1S/C20H24N2O3/c23-19(15-22-13-7-2-1-6-10-20(22)24)21-14-17-11-12-18(25-17)16-8-4-3-5-9-16/h3-5,8-9,11-12H,1-2,6-7,10,13-15H2,(H,21,23). The molecule has 0 saturated carbocycles. The SMILES string of the molecule is O=C(CN1CCCCCCC1=O)NCc1ccc(-c2ccccc2)o1. The third-order valence-electron chi connectivity index (χ3n) is 4.44. The number of carbonyl (C=O) groups excluding carboxylic acids is 2. The van der Waals surface area contributed by atoms with Gasteiger partial charge in [0.15, 0.2) is 0 Å². The van der Waals surface area contributed by atoms with Crippen molar-refractivity contribution in [2.45, 2.75) is 38.6 Å². The number of hydrogen-bond acceptors (Lipinski definition) is 3. The minimum absolute atomic E-state index is 0.0826. The lowest BCUT2D eigenvalue weighted by atomic mass is 10.1.